The van der Waals surface area contributed by atoms with Crippen LogP contribution < -0.4 is 0 Å². The van der Waals surface area contributed by atoms with Gasteiger partial charge in [0.2, 0.25) is 10.0 Å². The minimum Gasteiger partial charge on any atom is -0.360 e. The second-order valence-electron chi connectivity index (χ2n) is 7.99. The van der Waals surface area contributed by atoms with Crippen molar-refractivity contribution in [2.75, 3.05) is 37.7 Å². The smallest absolute Gasteiger partial charge is 0.255 e. The Bertz CT molecular complexity index is 1210. The number of benzene rings is 1. The molecule has 1 atom stereocenters. The van der Waals surface area contributed by atoms with Crippen LogP contribution in [-0.2, 0) is 19.9 Å². The average molecular weight is 500 g/mol. The van der Waals surface area contributed by atoms with Crippen molar-refractivity contribution in [3.63, 3.8) is 0 Å². The zero-order chi connectivity index (χ0) is 23.1. The summed E-state index contributed by atoms with van der Waals surface area (Å²) < 4.78 is 55.9. The summed E-state index contributed by atoms with van der Waals surface area (Å²) in [6, 6.07) is 7.18. The average Bonchev–Trinajstić information content (AvgIpc) is 3.28. The lowest BCUT2D eigenvalue weighted by Crippen LogP contribution is -2.50. The Labute approximate surface area is 192 Å². The number of amides is 1. The highest BCUT2D eigenvalue weighted by atomic mass is 32.2. The molecule has 1 aromatic carbocycles. The number of piperazine rings is 1. The molecule has 4 rings (SSSR count). The Morgan fingerprint density at radius 2 is 1.84 bits per heavy atom. The van der Waals surface area contributed by atoms with Crippen LogP contribution in [0.3, 0.4) is 0 Å². The Kier molecular flexibility index (Phi) is 6.40. The van der Waals surface area contributed by atoms with Gasteiger partial charge in [-0.15, -0.1) is 11.8 Å². The third-order valence-corrected chi connectivity index (χ3v) is 11.2. The van der Waals surface area contributed by atoms with E-state index in [0.29, 0.717) is 17.7 Å². The number of sulfone groups is 1. The number of hydrogen-bond acceptors (Lipinski definition) is 8. The van der Waals surface area contributed by atoms with Crippen LogP contribution in [0, 0.1) is 13.8 Å². The van der Waals surface area contributed by atoms with E-state index in [1.54, 1.807) is 30.9 Å². The van der Waals surface area contributed by atoms with E-state index < -0.39 is 19.9 Å². The van der Waals surface area contributed by atoms with Crippen molar-refractivity contribution in [2.45, 2.75) is 35.3 Å². The van der Waals surface area contributed by atoms with Crippen molar-refractivity contribution in [3.05, 3.63) is 41.3 Å². The maximum atomic E-state index is 13.2. The normalized spacial score (nSPS) is 21.7. The van der Waals surface area contributed by atoms with Gasteiger partial charge in [-0.3, -0.25) is 4.79 Å². The van der Waals surface area contributed by atoms with Gasteiger partial charge in [-0.05, 0) is 32.4 Å². The highest BCUT2D eigenvalue weighted by Crippen LogP contribution is 2.34. The third-order valence-electron chi connectivity index (χ3n) is 5.69. The van der Waals surface area contributed by atoms with Gasteiger partial charge in [0.1, 0.15) is 10.6 Å². The molecule has 2 aliphatic rings. The van der Waals surface area contributed by atoms with Crippen molar-refractivity contribution >= 4 is 37.5 Å². The number of carbonyl (C=O) groups excluding carboxylic acids is 1. The molecule has 174 valence electrons. The van der Waals surface area contributed by atoms with E-state index in [2.05, 4.69) is 5.16 Å². The van der Waals surface area contributed by atoms with Crippen molar-refractivity contribution < 1.29 is 26.2 Å². The fourth-order valence-corrected chi connectivity index (χ4v) is 9.39. The molecule has 0 saturated carbocycles. The third kappa shape index (κ3) is 4.59. The summed E-state index contributed by atoms with van der Waals surface area (Å²) in [7, 11) is -6.75. The molecular weight excluding hydrogens is 474 g/mol. The minimum atomic E-state index is -3.75. The van der Waals surface area contributed by atoms with Crippen LogP contribution in [0.1, 0.15) is 28.2 Å². The maximum Gasteiger partial charge on any atom is 0.255 e. The first-order chi connectivity index (χ1) is 15.1. The monoisotopic (exact) mass is 499 g/mol. The molecule has 2 aliphatic heterocycles. The first-order valence-electron chi connectivity index (χ1n) is 10.3. The van der Waals surface area contributed by atoms with Gasteiger partial charge in [0, 0.05) is 36.3 Å². The van der Waals surface area contributed by atoms with Gasteiger partial charge < -0.3 is 9.42 Å². The lowest BCUT2D eigenvalue weighted by atomic mass is 10.2. The topological polar surface area (TPSA) is 118 Å². The van der Waals surface area contributed by atoms with Crippen LogP contribution in [-0.4, -0.2) is 80.0 Å². The second-order valence-corrected chi connectivity index (χ2v) is 13.4. The first kappa shape index (κ1) is 23.3. The molecule has 3 heterocycles. The van der Waals surface area contributed by atoms with E-state index in [4.69, 9.17) is 4.52 Å². The molecule has 12 heteroatoms. The number of rotatable bonds is 5. The van der Waals surface area contributed by atoms with Gasteiger partial charge in [-0.1, -0.05) is 17.3 Å². The Hall–Kier alpha value is -1.89. The van der Waals surface area contributed by atoms with Gasteiger partial charge in [0.25, 0.3) is 5.91 Å². The molecule has 1 amide bonds. The highest BCUT2D eigenvalue weighted by molar-refractivity contribution is 8.02. The van der Waals surface area contributed by atoms with Crippen LogP contribution >= 0.6 is 11.8 Å². The molecule has 9 nitrogen and oxygen atoms in total. The Balaban J connectivity index is 1.45. The molecule has 0 N–H and O–H groups in total. The SMILES string of the molecule is Cc1noc(C)c1S(=O)(=O)N1CCN(C(=O)c2ccccc2S[C@H]2CCS(=O)(=O)C2)CC1. The number of aromatic nitrogens is 1. The summed E-state index contributed by atoms with van der Waals surface area (Å²) >= 11 is 1.43. The molecule has 0 unspecified atom stereocenters. The maximum absolute atomic E-state index is 13.2. The largest absolute Gasteiger partial charge is 0.360 e. The van der Waals surface area contributed by atoms with E-state index in [9.17, 15) is 21.6 Å². The standard InChI is InChI=1S/C20H25N3O6S3/c1-14-19(15(2)29-21-14)32(27,28)23-10-8-22(9-11-23)20(24)17-5-3-4-6-18(17)30-16-7-12-31(25,26)13-16/h3-6,16H,7-13H2,1-2H3/t16-/m0/s1. The van der Waals surface area contributed by atoms with Gasteiger partial charge in [0.15, 0.2) is 15.6 Å². The van der Waals surface area contributed by atoms with E-state index in [-0.39, 0.29) is 59.5 Å². The molecule has 0 spiro atoms. The van der Waals surface area contributed by atoms with Crippen molar-refractivity contribution in [2.24, 2.45) is 0 Å². The Morgan fingerprint density at radius 3 is 2.44 bits per heavy atom. The predicted molar refractivity (Wildman–Crippen MR) is 120 cm³/mol. The van der Waals surface area contributed by atoms with E-state index in [0.717, 1.165) is 4.90 Å². The fourth-order valence-electron chi connectivity index (χ4n) is 4.05. The molecule has 2 aromatic rings. The number of nitrogens with zero attached hydrogens (tertiary/aromatic N) is 3. The molecule has 1 aromatic heterocycles. The molecule has 0 bridgehead atoms. The number of thioether (sulfide) groups is 1. The first-order valence-corrected chi connectivity index (χ1v) is 14.4. The second kappa shape index (κ2) is 8.81. The summed E-state index contributed by atoms with van der Waals surface area (Å²) in [6.07, 6.45) is 0.577. The van der Waals surface area contributed by atoms with Crippen LogP contribution in [0.15, 0.2) is 38.6 Å². The number of aryl methyl sites for hydroxylation is 2. The van der Waals surface area contributed by atoms with E-state index >= 15 is 0 Å². The summed E-state index contributed by atoms with van der Waals surface area (Å²) in [5, 5.41) is 3.67. The summed E-state index contributed by atoms with van der Waals surface area (Å²) in [4.78, 5) is 15.7. The van der Waals surface area contributed by atoms with Gasteiger partial charge in [-0.25, -0.2) is 16.8 Å². The lowest BCUT2D eigenvalue weighted by Gasteiger charge is -2.34. The van der Waals surface area contributed by atoms with Crippen LogP contribution in [0.4, 0.5) is 0 Å². The molecule has 32 heavy (non-hydrogen) atoms. The summed E-state index contributed by atoms with van der Waals surface area (Å²) in [5.41, 5.74) is 0.838. The summed E-state index contributed by atoms with van der Waals surface area (Å²) in [5.74, 6) is 0.380. The van der Waals surface area contributed by atoms with E-state index in [1.807, 2.05) is 12.1 Å². The lowest BCUT2D eigenvalue weighted by molar-refractivity contribution is 0.0694. The molecule has 0 aliphatic carbocycles. The highest BCUT2D eigenvalue weighted by Gasteiger charge is 2.35. The molecule has 2 fully saturated rings. The van der Waals surface area contributed by atoms with Crippen molar-refractivity contribution in [3.8, 4) is 0 Å². The quantitative estimate of drug-likeness (QED) is 0.610. The van der Waals surface area contributed by atoms with Gasteiger partial charge in [0.05, 0.1) is 17.1 Å². The van der Waals surface area contributed by atoms with Crippen LogP contribution in [0.5, 0.6) is 0 Å². The van der Waals surface area contributed by atoms with Crippen molar-refractivity contribution in [1.82, 2.24) is 14.4 Å². The van der Waals surface area contributed by atoms with E-state index in [1.165, 1.54) is 16.1 Å². The molecule has 2 saturated heterocycles. The van der Waals surface area contributed by atoms with Crippen molar-refractivity contribution in [1.29, 1.82) is 0 Å². The minimum absolute atomic E-state index is 0.0639. The zero-order valence-corrected chi connectivity index (χ0v) is 20.3. The predicted octanol–water partition coefficient (Wildman–Crippen LogP) is 1.72. The number of sulfonamides is 1. The van der Waals surface area contributed by atoms with Gasteiger partial charge in [-0.2, -0.15) is 4.31 Å². The molecular formula is C20H25N3O6S3. The van der Waals surface area contributed by atoms with Crippen LogP contribution in [0.25, 0.3) is 0 Å². The zero-order valence-electron chi connectivity index (χ0n) is 17.9. The number of hydrogen-bond donors (Lipinski definition) is 0. The van der Waals surface area contributed by atoms with Gasteiger partial charge >= 0.3 is 0 Å². The fraction of sp³-hybridized carbons (Fsp3) is 0.500. The summed E-state index contributed by atoms with van der Waals surface area (Å²) in [6.45, 7) is 4.03. The molecule has 0 radical (unpaired) electrons. The number of carbonyl (C=O) groups is 1. The van der Waals surface area contributed by atoms with Crippen LogP contribution in [0.2, 0.25) is 0 Å². The Morgan fingerprint density at radius 1 is 1.16 bits per heavy atom.